The second kappa shape index (κ2) is 6.36. The van der Waals surface area contributed by atoms with Gasteiger partial charge in [-0.05, 0) is 38.9 Å². The predicted octanol–water partition coefficient (Wildman–Crippen LogP) is 1.57. The highest BCUT2D eigenvalue weighted by Gasteiger charge is 2.19. The van der Waals surface area contributed by atoms with Gasteiger partial charge in [-0.3, -0.25) is 4.40 Å². The summed E-state index contributed by atoms with van der Waals surface area (Å²) >= 11 is 1.70. The third kappa shape index (κ3) is 3.46. The van der Waals surface area contributed by atoms with Crippen molar-refractivity contribution in [3.8, 4) is 0 Å². The van der Waals surface area contributed by atoms with Crippen LogP contribution in [0.4, 0.5) is 0 Å². The van der Waals surface area contributed by atoms with E-state index < -0.39 is 0 Å². The Kier molecular flexibility index (Phi) is 4.79. The van der Waals surface area contributed by atoms with E-state index in [-0.39, 0.29) is 12.1 Å². The number of nitrogens with one attached hydrogen (secondary N) is 1. The molecule has 104 valence electrons. The first-order valence-electron chi connectivity index (χ1n) is 6.41. The van der Waals surface area contributed by atoms with Crippen molar-refractivity contribution >= 4 is 17.4 Å². The lowest BCUT2D eigenvalue weighted by Gasteiger charge is -2.26. The SMILES string of the molecule is CNC(C)(CO)CCCSc1nnc2ccccn12. The molecule has 2 heterocycles. The second-order valence-electron chi connectivity index (χ2n) is 4.83. The molecule has 0 amide bonds. The number of aliphatic hydroxyl groups excluding tert-OH is 1. The molecule has 2 rings (SSSR count). The highest BCUT2D eigenvalue weighted by Crippen LogP contribution is 2.20. The van der Waals surface area contributed by atoms with Gasteiger partial charge in [-0.1, -0.05) is 17.8 Å². The Bertz CT molecular complexity index is 524. The van der Waals surface area contributed by atoms with Crippen LogP contribution in [0.15, 0.2) is 29.6 Å². The van der Waals surface area contributed by atoms with Gasteiger partial charge in [0.05, 0.1) is 6.61 Å². The van der Waals surface area contributed by atoms with Crippen LogP contribution >= 0.6 is 11.8 Å². The van der Waals surface area contributed by atoms with Gasteiger partial charge in [-0.2, -0.15) is 0 Å². The first-order chi connectivity index (χ1) is 9.18. The second-order valence-corrected chi connectivity index (χ2v) is 5.89. The first kappa shape index (κ1) is 14.3. The molecule has 2 aromatic rings. The maximum atomic E-state index is 9.31. The van der Waals surface area contributed by atoms with Crippen molar-refractivity contribution in [2.24, 2.45) is 0 Å². The number of hydrogen-bond acceptors (Lipinski definition) is 5. The van der Waals surface area contributed by atoms with Crippen molar-refractivity contribution in [1.82, 2.24) is 19.9 Å². The Morgan fingerprint density at radius 1 is 1.42 bits per heavy atom. The summed E-state index contributed by atoms with van der Waals surface area (Å²) in [5.74, 6) is 0.965. The van der Waals surface area contributed by atoms with Gasteiger partial charge in [0.1, 0.15) is 0 Å². The maximum absolute atomic E-state index is 9.31. The first-order valence-corrected chi connectivity index (χ1v) is 7.39. The van der Waals surface area contributed by atoms with Crippen LogP contribution in [0.1, 0.15) is 19.8 Å². The van der Waals surface area contributed by atoms with E-state index in [0.29, 0.717) is 0 Å². The minimum absolute atomic E-state index is 0.155. The van der Waals surface area contributed by atoms with E-state index in [1.807, 2.05) is 42.8 Å². The van der Waals surface area contributed by atoms with E-state index in [2.05, 4.69) is 15.5 Å². The fourth-order valence-electron chi connectivity index (χ4n) is 1.83. The number of likely N-dealkylation sites (N-methyl/N-ethyl adjacent to an activating group) is 1. The van der Waals surface area contributed by atoms with Crippen LogP contribution in [0.25, 0.3) is 5.65 Å². The summed E-state index contributed by atoms with van der Waals surface area (Å²) in [6, 6.07) is 5.88. The zero-order valence-corrected chi connectivity index (χ0v) is 12.2. The molecule has 0 saturated carbocycles. The van der Waals surface area contributed by atoms with Gasteiger partial charge in [0.2, 0.25) is 0 Å². The van der Waals surface area contributed by atoms with Gasteiger partial charge in [0.25, 0.3) is 0 Å². The third-order valence-corrected chi connectivity index (χ3v) is 4.37. The number of thioether (sulfide) groups is 1. The standard InChI is InChI=1S/C13H20N4OS/c1-13(10-18,14-2)7-5-9-19-12-16-15-11-6-3-4-8-17(11)12/h3-4,6,8,14,18H,5,7,9-10H2,1-2H3. The van der Waals surface area contributed by atoms with Gasteiger partial charge in [0.15, 0.2) is 10.8 Å². The molecule has 6 heteroatoms. The molecular weight excluding hydrogens is 260 g/mol. The molecule has 0 aliphatic carbocycles. The zero-order valence-electron chi connectivity index (χ0n) is 11.3. The lowest BCUT2D eigenvalue weighted by Crippen LogP contribution is -2.43. The van der Waals surface area contributed by atoms with E-state index >= 15 is 0 Å². The molecule has 0 aliphatic rings. The molecule has 2 N–H and O–H groups in total. The number of pyridine rings is 1. The largest absolute Gasteiger partial charge is 0.394 e. The van der Waals surface area contributed by atoms with Gasteiger partial charge >= 0.3 is 0 Å². The molecule has 1 atom stereocenters. The van der Waals surface area contributed by atoms with Crippen LogP contribution < -0.4 is 5.32 Å². The van der Waals surface area contributed by atoms with Crippen LogP contribution in [0.2, 0.25) is 0 Å². The van der Waals surface area contributed by atoms with Crippen LogP contribution in [-0.2, 0) is 0 Å². The van der Waals surface area contributed by atoms with Gasteiger partial charge < -0.3 is 10.4 Å². The topological polar surface area (TPSA) is 62.5 Å². The molecule has 0 aromatic carbocycles. The Morgan fingerprint density at radius 3 is 3.00 bits per heavy atom. The molecule has 2 aromatic heterocycles. The minimum atomic E-state index is -0.187. The molecule has 0 radical (unpaired) electrons. The van der Waals surface area contributed by atoms with E-state index in [1.165, 1.54) is 0 Å². The molecule has 5 nitrogen and oxygen atoms in total. The molecule has 0 fully saturated rings. The average molecular weight is 280 g/mol. The Morgan fingerprint density at radius 2 is 2.26 bits per heavy atom. The monoisotopic (exact) mass is 280 g/mol. The molecule has 19 heavy (non-hydrogen) atoms. The van der Waals surface area contributed by atoms with Crippen LogP contribution in [0, 0.1) is 0 Å². The number of rotatable bonds is 7. The Labute approximate surface area is 117 Å². The summed E-state index contributed by atoms with van der Waals surface area (Å²) in [4.78, 5) is 0. The minimum Gasteiger partial charge on any atom is -0.394 e. The molecule has 1 unspecified atom stereocenters. The summed E-state index contributed by atoms with van der Waals surface area (Å²) in [6.45, 7) is 2.19. The van der Waals surface area contributed by atoms with Crippen LogP contribution in [-0.4, -0.2) is 44.7 Å². The molecule has 0 saturated heterocycles. The van der Waals surface area contributed by atoms with E-state index in [0.717, 1.165) is 29.4 Å². The smallest absolute Gasteiger partial charge is 0.195 e. The normalized spacial score (nSPS) is 14.7. The fraction of sp³-hybridized carbons (Fsp3) is 0.538. The van der Waals surface area contributed by atoms with Gasteiger partial charge in [0, 0.05) is 17.5 Å². The number of nitrogens with zero attached hydrogens (tertiary/aromatic N) is 3. The van der Waals surface area contributed by atoms with Crippen molar-refractivity contribution in [3.63, 3.8) is 0 Å². The summed E-state index contributed by atoms with van der Waals surface area (Å²) in [5, 5.41) is 21.7. The number of aliphatic hydroxyl groups is 1. The highest BCUT2D eigenvalue weighted by atomic mass is 32.2. The Balaban J connectivity index is 1.86. The van der Waals surface area contributed by atoms with Crippen LogP contribution in [0.3, 0.4) is 0 Å². The van der Waals surface area contributed by atoms with Gasteiger partial charge in [-0.25, -0.2) is 0 Å². The van der Waals surface area contributed by atoms with Crippen molar-refractivity contribution in [1.29, 1.82) is 0 Å². The van der Waals surface area contributed by atoms with Crippen LogP contribution in [0.5, 0.6) is 0 Å². The maximum Gasteiger partial charge on any atom is 0.195 e. The number of aromatic nitrogens is 3. The summed E-state index contributed by atoms with van der Waals surface area (Å²) in [7, 11) is 1.88. The van der Waals surface area contributed by atoms with E-state index in [1.54, 1.807) is 11.8 Å². The molecular formula is C13H20N4OS. The van der Waals surface area contributed by atoms with Crippen molar-refractivity contribution < 1.29 is 5.11 Å². The fourth-order valence-corrected chi connectivity index (χ4v) is 2.69. The summed E-state index contributed by atoms with van der Waals surface area (Å²) < 4.78 is 1.99. The molecule has 0 bridgehead atoms. The van der Waals surface area contributed by atoms with Crippen molar-refractivity contribution in [2.45, 2.75) is 30.5 Å². The average Bonchev–Trinajstić information content (AvgIpc) is 2.87. The molecule has 0 spiro atoms. The quantitative estimate of drug-likeness (QED) is 0.595. The summed E-state index contributed by atoms with van der Waals surface area (Å²) in [6.07, 6.45) is 3.93. The lowest BCUT2D eigenvalue weighted by molar-refractivity contribution is 0.173. The van der Waals surface area contributed by atoms with Crippen molar-refractivity contribution in [3.05, 3.63) is 24.4 Å². The number of fused-ring (bicyclic) bond motifs is 1. The molecule has 0 aliphatic heterocycles. The van der Waals surface area contributed by atoms with Crippen molar-refractivity contribution in [2.75, 3.05) is 19.4 Å². The van der Waals surface area contributed by atoms with E-state index in [4.69, 9.17) is 0 Å². The van der Waals surface area contributed by atoms with Gasteiger partial charge in [-0.15, -0.1) is 10.2 Å². The van der Waals surface area contributed by atoms with E-state index in [9.17, 15) is 5.11 Å². The Hall–Kier alpha value is -1.11. The predicted molar refractivity (Wildman–Crippen MR) is 77.5 cm³/mol. The number of hydrogen-bond donors (Lipinski definition) is 2. The lowest BCUT2D eigenvalue weighted by atomic mass is 9.98. The summed E-state index contributed by atoms with van der Waals surface area (Å²) in [5.41, 5.74) is 0.688. The third-order valence-electron chi connectivity index (χ3n) is 3.34. The highest BCUT2D eigenvalue weighted by molar-refractivity contribution is 7.99. The zero-order chi connectivity index (χ0) is 13.7.